The number of piperidine rings is 1. The van der Waals surface area contributed by atoms with Crippen LogP contribution in [0, 0.1) is 0 Å². The smallest absolute Gasteiger partial charge is 0.418 e. The lowest BCUT2D eigenvalue weighted by atomic mass is 9.98. The number of carbonyl (C=O) groups excluding carboxylic acids is 3. The van der Waals surface area contributed by atoms with Crippen LogP contribution in [0.3, 0.4) is 0 Å². The van der Waals surface area contributed by atoms with E-state index in [4.69, 9.17) is 9.15 Å². The zero-order chi connectivity index (χ0) is 19.2. The third kappa shape index (κ3) is 3.15. The van der Waals surface area contributed by atoms with Crippen LogP contribution < -0.4 is 0 Å². The Morgan fingerprint density at radius 1 is 1.30 bits per heavy atom. The summed E-state index contributed by atoms with van der Waals surface area (Å²) in [7, 11) is 0. The molecule has 1 atom stereocenters. The van der Waals surface area contributed by atoms with Crippen molar-refractivity contribution >= 4 is 29.0 Å². The molecule has 1 aromatic carbocycles. The lowest BCUT2D eigenvalue weighted by Gasteiger charge is -2.32. The van der Waals surface area contributed by atoms with Gasteiger partial charge in [-0.2, -0.15) is 0 Å². The molecule has 0 unspecified atom stereocenters. The molecular weight excluding hydrogens is 350 g/mol. The predicted molar refractivity (Wildman–Crippen MR) is 94.8 cm³/mol. The van der Waals surface area contributed by atoms with E-state index in [1.807, 2.05) is 24.3 Å². The number of carbonyl (C=O) groups is 3. The van der Waals surface area contributed by atoms with Crippen molar-refractivity contribution in [2.24, 2.45) is 0 Å². The summed E-state index contributed by atoms with van der Waals surface area (Å²) >= 11 is 0. The quantitative estimate of drug-likeness (QED) is 0.822. The maximum Gasteiger partial charge on any atom is 0.418 e. The number of nitrogens with zero attached hydrogens (tertiary/aromatic N) is 3. The Morgan fingerprint density at radius 2 is 2.07 bits per heavy atom. The summed E-state index contributed by atoms with van der Waals surface area (Å²) in [5.41, 5.74) is 0.298. The van der Waals surface area contributed by atoms with Crippen molar-refractivity contribution in [1.82, 2.24) is 14.8 Å². The molecule has 2 saturated heterocycles. The van der Waals surface area contributed by atoms with Crippen LogP contribution in [0.25, 0.3) is 11.1 Å². The second kappa shape index (κ2) is 6.37. The highest BCUT2D eigenvalue weighted by atomic mass is 16.6. The third-order valence-corrected chi connectivity index (χ3v) is 5.05. The SMILES string of the molecule is CC1(C)OC(=O)N(CC(=O)N2CCC[C@@H](c3nc4ccccc4o3)C2)C1=O. The summed E-state index contributed by atoms with van der Waals surface area (Å²) in [6.07, 6.45) is 0.902. The van der Waals surface area contributed by atoms with Crippen molar-refractivity contribution in [3.05, 3.63) is 30.2 Å². The number of fused-ring (bicyclic) bond motifs is 1. The maximum absolute atomic E-state index is 12.7. The molecule has 1 aromatic heterocycles. The minimum Gasteiger partial charge on any atom is -0.440 e. The molecule has 27 heavy (non-hydrogen) atoms. The first-order chi connectivity index (χ1) is 12.8. The average Bonchev–Trinajstić information content (AvgIpc) is 3.16. The van der Waals surface area contributed by atoms with Gasteiger partial charge in [0.15, 0.2) is 17.1 Å². The van der Waals surface area contributed by atoms with Crippen LogP contribution in [0.1, 0.15) is 38.5 Å². The fourth-order valence-electron chi connectivity index (χ4n) is 3.57. The van der Waals surface area contributed by atoms with Gasteiger partial charge < -0.3 is 14.1 Å². The molecule has 142 valence electrons. The minimum atomic E-state index is -1.22. The van der Waals surface area contributed by atoms with Gasteiger partial charge >= 0.3 is 6.09 Å². The fraction of sp³-hybridized carbons (Fsp3) is 0.474. The first-order valence-corrected chi connectivity index (χ1v) is 9.03. The van der Waals surface area contributed by atoms with Crippen LogP contribution in [-0.4, -0.2) is 57.9 Å². The minimum absolute atomic E-state index is 0.00669. The highest BCUT2D eigenvalue weighted by Gasteiger charge is 2.48. The summed E-state index contributed by atoms with van der Waals surface area (Å²) in [6, 6.07) is 7.55. The number of likely N-dealkylation sites (tertiary alicyclic amines) is 1. The van der Waals surface area contributed by atoms with E-state index in [1.165, 1.54) is 13.8 Å². The largest absolute Gasteiger partial charge is 0.440 e. The Balaban J connectivity index is 1.45. The molecule has 0 spiro atoms. The monoisotopic (exact) mass is 371 g/mol. The van der Waals surface area contributed by atoms with Crippen molar-refractivity contribution in [3.63, 3.8) is 0 Å². The molecule has 0 bridgehead atoms. The van der Waals surface area contributed by atoms with Gasteiger partial charge in [-0.3, -0.25) is 9.59 Å². The Kier molecular flexibility index (Phi) is 4.13. The Labute approximate surface area is 156 Å². The number of hydrogen-bond donors (Lipinski definition) is 0. The Morgan fingerprint density at radius 3 is 2.78 bits per heavy atom. The van der Waals surface area contributed by atoms with E-state index in [9.17, 15) is 14.4 Å². The summed E-state index contributed by atoms with van der Waals surface area (Å²) < 4.78 is 10.9. The number of aromatic nitrogens is 1. The molecule has 0 N–H and O–H groups in total. The molecule has 2 aliphatic heterocycles. The molecule has 0 radical (unpaired) electrons. The average molecular weight is 371 g/mol. The van der Waals surface area contributed by atoms with Gasteiger partial charge in [0.05, 0.1) is 5.92 Å². The van der Waals surface area contributed by atoms with Crippen molar-refractivity contribution in [2.75, 3.05) is 19.6 Å². The Bertz CT molecular complexity index is 886. The lowest BCUT2D eigenvalue weighted by Crippen LogP contribution is -2.47. The molecule has 2 fully saturated rings. The highest BCUT2D eigenvalue weighted by Crippen LogP contribution is 2.29. The van der Waals surface area contributed by atoms with Crippen LogP contribution in [0.5, 0.6) is 0 Å². The van der Waals surface area contributed by atoms with Crippen molar-refractivity contribution in [3.8, 4) is 0 Å². The summed E-state index contributed by atoms with van der Waals surface area (Å²) in [5, 5.41) is 0. The Hall–Kier alpha value is -2.90. The molecule has 0 saturated carbocycles. The van der Waals surface area contributed by atoms with E-state index in [-0.39, 0.29) is 18.4 Å². The van der Waals surface area contributed by atoms with E-state index in [2.05, 4.69) is 4.98 Å². The number of para-hydroxylation sites is 2. The highest BCUT2D eigenvalue weighted by molar-refractivity contribution is 6.04. The number of amides is 3. The van der Waals surface area contributed by atoms with Gasteiger partial charge in [-0.25, -0.2) is 14.7 Å². The van der Waals surface area contributed by atoms with Gasteiger partial charge in [0.1, 0.15) is 12.1 Å². The van der Waals surface area contributed by atoms with Crippen molar-refractivity contribution < 1.29 is 23.5 Å². The summed E-state index contributed by atoms with van der Waals surface area (Å²) in [5.74, 6) is -0.161. The zero-order valence-corrected chi connectivity index (χ0v) is 15.3. The molecule has 0 aliphatic carbocycles. The van der Waals surface area contributed by atoms with Crippen LogP contribution in [0.15, 0.2) is 28.7 Å². The summed E-state index contributed by atoms with van der Waals surface area (Å²) in [4.78, 5) is 43.9. The first kappa shape index (κ1) is 17.5. The number of imide groups is 1. The first-order valence-electron chi connectivity index (χ1n) is 9.03. The zero-order valence-electron chi connectivity index (χ0n) is 15.3. The molecular formula is C19H21N3O5. The molecule has 2 aliphatic rings. The number of benzene rings is 1. The van der Waals surface area contributed by atoms with Gasteiger partial charge in [0, 0.05) is 13.1 Å². The van der Waals surface area contributed by atoms with Crippen LogP contribution in [-0.2, 0) is 14.3 Å². The standard InChI is InChI=1S/C19H21N3O5/c1-19(2)17(24)22(18(25)27-19)11-15(23)21-9-5-6-12(10-21)16-20-13-7-3-4-8-14(13)26-16/h3-4,7-8,12H,5-6,9-11H2,1-2H3/t12-/m1/s1. The second-order valence-electron chi connectivity index (χ2n) is 7.47. The number of hydrogen-bond acceptors (Lipinski definition) is 6. The maximum atomic E-state index is 12.7. The van der Waals surface area contributed by atoms with E-state index >= 15 is 0 Å². The molecule has 2 aromatic rings. The molecule has 3 heterocycles. The predicted octanol–water partition coefficient (Wildman–Crippen LogP) is 2.29. The second-order valence-corrected chi connectivity index (χ2v) is 7.47. The van der Waals surface area contributed by atoms with E-state index < -0.39 is 17.6 Å². The number of cyclic esters (lactones) is 1. The van der Waals surface area contributed by atoms with Gasteiger partial charge in [0.25, 0.3) is 5.91 Å². The number of rotatable bonds is 3. The van der Waals surface area contributed by atoms with Crippen molar-refractivity contribution in [2.45, 2.75) is 38.2 Å². The molecule has 4 rings (SSSR count). The van der Waals surface area contributed by atoms with E-state index in [0.29, 0.717) is 19.0 Å². The van der Waals surface area contributed by atoms with Crippen LogP contribution in [0.2, 0.25) is 0 Å². The topological polar surface area (TPSA) is 92.9 Å². The van der Waals surface area contributed by atoms with Crippen molar-refractivity contribution in [1.29, 1.82) is 0 Å². The molecule has 8 nitrogen and oxygen atoms in total. The fourth-order valence-corrected chi connectivity index (χ4v) is 3.57. The van der Waals surface area contributed by atoms with Gasteiger partial charge in [0.2, 0.25) is 5.91 Å². The number of oxazole rings is 1. The normalized spacial score (nSPS) is 22.4. The van der Waals surface area contributed by atoms with E-state index in [0.717, 1.165) is 28.8 Å². The van der Waals surface area contributed by atoms with Crippen LogP contribution >= 0.6 is 0 Å². The molecule has 8 heteroatoms. The van der Waals surface area contributed by atoms with Gasteiger partial charge in [-0.15, -0.1) is 0 Å². The van der Waals surface area contributed by atoms with Crippen LogP contribution in [0.4, 0.5) is 4.79 Å². The lowest BCUT2D eigenvalue weighted by molar-refractivity contribution is -0.140. The van der Waals surface area contributed by atoms with E-state index in [1.54, 1.807) is 4.90 Å². The van der Waals surface area contributed by atoms with Gasteiger partial charge in [-0.05, 0) is 38.8 Å². The van der Waals surface area contributed by atoms with Gasteiger partial charge in [-0.1, -0.05) is 12.1 Å². The third-order valence-electron chi connectivity index (χ3n) is 5.05. The number of ether oxygens (including phenoxy) is 1. The molecule has 3 amide bonds. The summed E-state index contributed by atoms with van der Waals surface area (Å²) in [6.45, 7) is 3.76.